The Kier molecular flexibility index (Phi) is 9.64. The van der Waals surface area contributed by atoms with Gasteiger partial charge < -0.3 is 19.6 Å². The van der Waals surface area contributed by atoms with Crippen molar-refractivity contribution in [1.29, 1.82) is 0 Å². The van der Waals surface area contributed by atoms with Gasteiger partial charge in [0.05, 0.1) is 0 Å². The van der Waals surface area contributed by atoms with Gasteiger partial charge in [0.1, 0.15) is 0 Å². The van der Waals surface area contributed by atoms with Crippen LogP contribution in [0.2, 0.25) is 6.04 Å². The van der Waals surface area contributed by atoms with E-state index in [1.165, 1.54) is 0 Å². The maximum Gasteiger partial charge on any atom is 0.261 e. The van der Waals surface area contributed by atoms with E-state index in [1.807, 2.05) is 13.8 Å². The number of ether oxygens (including phenoxy) is 2. The molecule has 4 nitrogen and oxygen atoms in total. The maximum atomic E-state index is 5.53. The second-order valence-corrected chi connectivity index (χ2v) is 4.52. The lowest BCUT2D eigenvalue weighted by Crippen LogP contribution is -2.24. The first kappa shape index (κ1) is 14.1. The molecule has 0 saturated carbocycles. The normalized spacial score (nSPS) is 14.4. The highest BCUT2D eigenvalue weighted by Gasteiger charge is 2.08. The number of hydrogen-bond acceptors (Lipinski definition) is 4. The largest absolute Gasteiger partial charge is 0.379 e. The van der Waals surface area contributed by atoms with Crippen LogP contribution in [0.25, 0.3) is 0 Å². The lowest BCUT2D eigenvalue weighted by Gasteiger charge is -2.18. The predicted molar refractivity (Wildman–Crippen MR) is 59.7 cm³/mol. The van der Waals surface area contributed by atoms with E-state index in [-0.39, 0.29) is 0 Å². The molecule has 5 heteroatoms. The Hall–Kier alpha value is 0.0569. The van der Waals surface area contributed by atoms with E-state index >= 15 is 0 Å². The number of nitrogens with two attached hydrogens (primary N) is 1. The summed E-state index contributed by atoms with van der Waals surface area (Å²) in [6.45, 7) is 7.49. The van der Waals surface area contributed by atoms with Gasteiger partial charge in [0.2, 0.25) is 0 Å². The smallest absolute Gasteiger partial charge is 0.261 e. The van der Waals surface area contributed by atoms with Gasteiger partial charge in [-0.3, -0.25) is 0 Å². The quantitative estimate of drug-likeness (QED) is 0.454. The van der Waals surface area contributed by atoms with E-state index in [9.17, 15) is 0 Å². The van der Waals surface area contributed by atoms with Crippen molar-refractivity contribution in [3.63, 3.8) is 0 Å². The van der Waals surface area contributed by atoms with Gasteiger partial charge in [-0.1, -0.05) is 6.92 Å². The van der Waals surface area contributed by atoms with Gasteiger partial charge in [0.25, 0.3) is 6.48 Å². The molecule has 0 aliphatic carbocycles. The van der Waals surface area contributed by atoms with Crippen LogP contribution in [0.15, 0.2) is 0 Å². The Morgan fingerprint density at radius 2 is 1.79 bits per heavy atom. The average molecular weight is 221 g/mol. The molecule has 0 radical (unpaired) electrons. The molecular weight excluding hydrogens is 198 g/mol. The van der Waals surface area contributed by atoms with Gasteiger partial charge in [-0.2, -0.15) is 0 Å². The molecule has 0 aromatic heterocycles. The van der Waals surface area contributed by atoms with Gasteiger partial charge in [-0.15, -0.1) is 0 Å². The van der Waals surface area contributed by atoms with Crippen molar-refractivity contribution in [3.05, 3.63) is 0 Å². The topological polar surface area (TPSA) is 53.7 Å². The molecule has 14 heavy (non-hydrogen) atoms. The van der Waals surface area contributed by atoms with E-state index in [2.05, 4.69) is 6.92 Å². The zero-order valence-electron chi connectivity index (χ0n) is 9.49. The molecule has 1 unspecified atom stereocenters. The SMILES string of the molecule is CCOC(OCC)O[SiH2]CC(C)CN. The summed E-state index contributed by atoms with van der Waals surface area (Å²) in [5, 5.41) is 0. The van der Waals surface area contributed by atoms with Crippen molar-refractivity contribution in [2.24, 2.45) is 11.7 Å². The van der Waals surface area contributed by atoms with Crippen LogP contribution in [0.1, 0.15) is 20.8 Å². The molecule has 0 amide bonds. The van der Waals surface area contributed by atoms with Crippen LogP contribution in [-0.4, -0.2) is 36.0 Å². The molecule has 0 rings (SSSR count). The lowest BCUT2D eigenvalue weighted by atomic mass is 10.2. The van der Waals surface area contributed by atoms with E-state index in [0.717, 1.165) is 12.6 Å². The lowest BCUT2D eigenvalue weighted by molar-refractivity contribution is -0.243. The highest BCUT2D eigenvalue weighted by Crippen LogP contribution is 2.02. The standard InChI is InChI=1S/C9H23NO3Si/c1-4-11-9(12-5-2)13-14-7-8(3)6-10/h8-9H,4-7,10,14H2,1-3H3. The van der Waals surface area contributed by atoms with Gasteiger partial charge >= 0.3 is 0 Å². The molecule has 0 aromatic rings. The fourth-order valence-corrected chi connectivity index (χ4v) is 2.06. The van der Waals surface area contributed by atoms with Gasteiger partial charge in [0.15, 0.2) is 9.76 Å². The molecular formula is C9H23NO3Si. The number of hydrogen-bond donors (Lipinski definition) is 1. The Bertz CT molecular complexity index is 121. The van der Waals surface area contributed by atoms with Crippen molar-refractivity contribution >= 4 is 9.76 Å². The summed E-state index contributed by atoms with van der Waals surface area (Å²) < 4.78 is 16.0. The summed E-state index contributed by atoms with van der Waals surface area (Å²) in [4.78, 5) is 0. The van der Waals surface area contributed by atoms with E-state index in [1.54, 1.807) is 0 Å². The van der Waals surface area contributed by atoms with Crippen molar-refractivity contribution in [3.8, 4) is 0 Å². The van der Waals surface area contributed by atoms with Crippen molar-refractivity contribution in [2.75, 3.05) is 19.8 Å². The van der Waals surface area contributed by atoms with Crippen molar-refractivity contribution < 1.29 is 13.9 Å². The fraction of sp³-hybridized carbons (Fsp3) is 1.00. The molecule has 0 heterocycles. The van der Waals surface area contributed by atoms with Crippen LogP contribution in [0.3, 0.4) is 0 Å². The minimum Gasteiger partial charge on any atom is -0.379 e. The molecule has 0 saturated heterocycles. The molecule has 0 aromatic carbocycles. The van der Waals surface area contributed by atoms with Crippen LogP contribution in [0.5, 0.6) is 0 Å². The van der Waals surface area contributed by atoms with Gasteiger partial charge in [0, 0.05) is 13.2 Å². The third-order valence-corrected chi connectivity index (χ3v) is 3.60. The predicted octanol–water partition coefficient (Wildman–Crippen LogP) is 0.457. The second-order valence-electron chi connectivity index (χ2n) is 3.20. The van der Waals surface area contributed by atoms with Crippen LogP contribution < -0.4 is 5.73 Å². The first-order chi connectivity index (χ1) is 6.74. The highest BCUT2D eigenvalue weighted by molar-refractivity contribution is 6.27. The molecule has 0 spiro atoms. The Balaban J connectivity index is 3.49. The average Bonchev–Trinajstić information content (AvgIpc) is 2.18. The summed E-state index contributed by atoms with van der Waals surface area (Å²) in [5.41, 5.74) is 5.51. The summed E-state index contributed by atoms with van der Waals surface area (Å²) in [6, 6.07) is 1.08. The van der Waals surface area contributed by atoms with Crippen LogP contribution >= 0.6 is 0 Å². The molecule has 0 aliphatic rings. The van der Waals surface area contributed by atoms with Crippen LogP contribution in [0.4, 0.5) is 0 Å². The first-order valence-corrected chi connectivity index (χ1v) is 6.87. The summed E-state index contributed by atoms with van der Waals surface area (Å²) >= 11 is 0. The molecule has 2 N–H and O–H groups in total. The van der Waals surface area contributed by atoms with Gasteiger partial charge in [-0.25, -0.2) is 0 Å². The van der Waals surface area contributed by atoms with E-state index < -0.39 is 16.2 Å². The molecule has 0 bridgehead atoms. The molecule has 0 aliphatic heterocycles. The minimum absolute atomic E-state index is 0.457. The van der Waals surface area contributed by atoms with Crippen molar-refractivity contribution in [2.45, 2.75) is 33.3 Å². The highest BCUT2D eigenvalue weighted by atomic mass is 28.2. The third-order valence-electron chi connectivity index (χ3n) is 1.87. The molecule has 0 fully saturated rings. The molecule has 1 atom stereocenters. The number of rotatable bonds is 9. The van der Waals surface area contributed by atoms with Crippen molar-refractivity contribution in [1.82, 2.24) is 0 Å². The monoisotopic (exact) mass is 221 g/mol. The summed E-state index contributed by atoms with van der Waals surface area (Å²) in [6.07, 6.45) is 0. The second kappa shape index (κ2) is 9.61. The Labute approximate surface area is 89.0 Å². The zero-order valence-corrected chi connectivity index (χ0v) is 10.9. The summed E-state index contributed by atoms with van der Waals surface area (Å²) in [5.74, 6) is 0.547. The van der Waals surface area contributed by atoms with Crippen LogP contribution in [-0.2, 0) is 13.9 Å². The maximum absolute atomic E-state index is 5.53. The minimum atomic E-state index is -0.565. The fourth-order valence-electron chi connectivity index (χ4n) is 0.900. The zero-order chi connectivity index (χ0) is 10.8. The Morgan fingerprint density at radius 3 is 2.21 bits per heavy atom. The summed E-state index contributed by atoms with van der Waals surface area (Å²) in [7, 11) is -0.565. The molecule has 86 valence electrons. The van der Waals surface area contributed by atoms with Gasteiger partial charge in [-0.05, 0) is 32.4 Å². The van der Waals surface area contributed by atoms with E-state index in [0.29, 0.717) is 19.1 Å². The first-order valence-electron chi connectivity index (χ1n) is 5.29. The van der Waals surface area contributed by atoms with E-state index in [4.69, 9.17) is 19.6 Å². The third kappa shape index (κ3) is 7.46. The van der Waals surface area contributed by atoms with Crippen LogP contribution in [0, 0.1) is 5.92 Å². The Morgan fingerprint density at radius 1 is 1.21 bits per heavy atom.